The van der Waals surface area contributed by atoms with Gasteiger partial charge in [-0.05, 0) is 59.6 Å². The number of hydrogen-bond donors (Lipinski definition) is 1. The number of carbonyl (C=O) groups excluding carboxylic acids is 2. The summed E-state index contributed by atoms with van der Waals surface area (Å²) in [6.45, 7) is 8.49. The molecule has 6 heteroatoms. The molecule has 1 heterocycles. The fraction of sp³-hybridized carbons (Fsp3) is 0.314. The monoisotopic (exact) mass is 584 g/mol. The van der Waals surface area contributed by atoms with E-state index in [2.05, 4.69) is 44.0 Å². The largest absolute Gasteiger partial charge is 0.357 e. The zero-order chi connectivity index (χ0) is 29.1. The van der Waals surface area contributed by atoms with Crippen molar-refractivity contribution in [3.05, 3.63) is 111 Å². The van der Waals surface area contributed by atoms with Gasteiger partial charge in [0.25, 0.3) is 0 Å². The summed E-state index contributed by atoms with van der Waals surface area (Å²) in [4.78, 5) is 30.6. The van der Waals surface area contributed by atoms with Crippen molar-refractivity contribution in [3.63, 3.8) is 0 Å². The summed E-state index contributed by atoms with van der Waals surface area (Å²) in [6, 6.07) is 23.4. The highest BCUT2D eigenvalue weighted by atomic mass is 35.5. The standard InChI is InChI=1S/C35H34Cl2N2O2/c1-34(2)17-25(38-24-14-8-6-12-22(24)36)32(29(40)19-34)31-21-11-5-9-15-26(21)39(27-16-10-7-13-23(27)37)28-18-35(3,4)20-30(41)33(28)31/h5-16,31,38H,17-20H2,1-4H3. The summed E-state index contributed by atoms with van der Waals surface area (Å²) in [5.41, 5.74) is 6.09. The molecule has 1 atom stereocenters. The molecule has 0 aromatic heterocycles. The number of nitrogens with one attached hydrogen (secondary N) is 1. The van der Waals surface area contributed by atoms with Crippen LogP contribution in [-0.2, 0) is 9.59 Å². The Morgan fingerprint density at radius 3 is 1.93 bits per heavy atom. The maximum absolute atomic E-state index is 14.2. The van der Waals surface area contributed by atoms with Gasteiger partial charge in [-0.1, -0.05) is 93.4 Å². The van der Waals surface area contributed by atoms with Gasteiger partial charge >= 0.3 is 0 Å². The molecule has 0 spiro atoms. The van der Waals surface area contributed by atoms with Crippen LogP contribution in [0.2, 0.25) is 10.0 Å². The van der Waals surface area contributed by atoms with E-state index in [9.17, 15) is 9.59 Å². The Balaban J connectivity index is 1.65. The number of anilines is 3. The number of nitrogens with zero attached hydrogens (tertiary/aromatic N) is 1. The van der Waals surface area contributed by atoms with Gasteiger partial charge < -0.3 is 10.2 Å². The third-order valence-electron chi connectivity index (χ3n) is 8.41. The lowest BCUT2D eigenvalue weighted by atomic mass is 9.64. The van der Waals surface area contributed by atoms with Crippen LogP contribution >= 0.6 is 23.2 Å². The highest BCUT2D eigenvalue weighted by molar-refractivity contribution is 6.33. The fourth-order valence-corrected chi connectivity index (χ4v) is 7.18. The van der Waals surface area contributed by atoms with Gasteiger partial charge in [-0.15, -0.1) is 0 Å². The SMILES string of the molecule is CC1(C)CC(=O)C(C2C3=C(CC(C)(C)CC3=O)N(c3ccccc3Cl)c3ccccc32)=C(Nc2ccccc2Cl)C1. The first-order chi connectivity index (χ1) is 19.5. The van der Waals surface area contributed by atoms with Crippen molar-refractivity contribution in [3.8, 4) is 0 Å². The summed E-state index contributed by atoms with van der Waals surface area (Å²) in [5, 5.41) is 4.74. The number of ketones is 2. The number of allylic oxidation sites excluding steroid dienone is 4. The molecule has 0 fully saturated rings. The van der Waals surface area contributed by atoms with Crippen LogP contribution in [0.4, 0.5) is 17.1 Å². The molecule has 0 saturated carbocycles. The van der Waals surface area contributed by atoms with E-state index >= 15 is 0 Å². The van der Waals surface area contributed by atoms with Gasteiger partial charge in [0.1, 0.15) is 0 Å². The molecular weight excluding hydrogens is 551 g/mol. The summed E-state index contributed by atoms with van der Waals surface area (Å²) in [6.07, 6.45) is 2.17. The van der Waals surface area contributed by atoms with E-state index in [0.717, 1.165) is 34.0 Å². The maximum atomic E-state index is 14.2. The topological polar surface area (TPSA) is 49.4 Å². The lowest BCUT2D eigenvalue weighted by Crippen LogP contribution is -2.40. The van der Waals surface area contributed by atoms with E-state index in [4.69, 9.17) is 23.2 Å². The first kappa shape index (κ1) is 27.8. The fourth-order valence-electron chi connectivity index (χ4n) is 6.78. The van der Waals surface area contributed by atoms with Gasteiger partial charge in [0.2, 0.25) is 0 Å². The minimum absolute atomic E-state index is 0.0614. The molecule has 210 valence electrons. The minimum Gasteiger partial charge on any atom is -0.357 e. The summed E-state index contributed by atoms with van der Waals surface area (Å²) in [7, 11) is 0. The van der Waals surface area contributed by atoms with Gasteiger partial charge in [0, 0.05) is 41.3 Å². The maximum Gasteiger partial charge on any atom is 0.162 e. The first-order valence-corrected chi connectivity index (χ1v) is 14.9. The van der Waals surface area contributed by atoms with E-state index in [-0.39, 0.29) is 22.4 Å². The number of Topliss-reactive ketones (excluding diaryl/α,β-unsaturated/α-hetero) is 2. The van der Waals surface area contributed by atoms with Gasteiger partial charge in [-0.2, -0.15) is 0 Å². The van der Waals surface area contributed by atoms with Gasteiger partial charge in [-0.3, -0.25) is 9.59 Å². The highest BCUT2D eigenvalue weighted by Crippen LogP contribution is 2.56. The number of para-hydroxylation sites is 3. The first-order valence-electron chi connectivity index (χ1n) is 14.1. The van der Waals surface area contributed by atoms with Crippen LogP contribution in [0.1, 0.15) is 64.9 Å². The number of benzene rings is 3. The molecule has 3 aromatic carbocycles. The van der Waals surface area contributed by atoms with Gasteiger partial charge in [0.15, 0.2) is 11.6 Å². The molecule has 41 heavy (non-hydrogen) atoms. The smallest absolute Gasteiger partial charge is 0.162 e. The number of fused-ring (bicyclic) bond motifs is 1. The van der Waals surface area contributed by atoms with Crippen LogP contribution in [0.15, 0.2) is 95.3 Å². The third kappa shape index (κ3) is 5.02. The van der Waals surface area contributed by atoms with Crippen LogP contribution in [0.5, 0.6) is 0 Å². The second-order valence-electron chi connectivity index (χ2n) is 13.0. The molecule has 2 aliphatic carbocycles. The quantitative estimate of drug-likeness (QED) is 0.331. The second kappa shape index (κ2) is 10.2. The third-order valence-corrected chi connectivity index (χ3v) is 9.05. The van der Waals surface area contributed by atoms with Crippen molar-refractivity contribution in [2.24, 2.45) is 10.8 Å². The molecule has 3 aliphatic rings. The Bertz CT molecular complexity index is 1650. The van der Waals surface area contributed by atoms with Crippen molar-refractivity contribution in [2.75, 3.05) is 10.2 Å². The van der Waals surface area contributed by atoms with Crippen LogP contribution in [0, 0.1) is 10.8 Å². The van der Waals surface area contributed by atoms with Crippen molar-refractivity contribution >= 4 is 51.8 Å². The zero-order valence-corrected chi connectivity index (χ0v) is 25.4. The summed E-state index contributed by atoms with van der Waals surface area (Å²) in [5.74, 6) is -0.349. The molecule has 3 aromatic rings. The average molecular weight is 586 g/mol. The summed E-state index contributed by atoms with van der Waals surface area (Å²) >= 11 is 13.4. The zero-order valence-electron chi connectivity index (χ0n) is 23.9. The number of halogens is 2. The van der Waals surface area contributed by atoms with Crippen LogP contribution in [0.25, 0.3) is 0 Å². The highest BCUT2D eigenvalue weighted by Gasteiger charge is 2.48. The van der Waals surface area contributed by atoms with Crippen molar-refractivity contribution in [1.29, 1.82) is 0 Å². The molecular formula is C35H34Cl2N2O2. The Labute approximate surface area is 252 Å². The molecule has 0 saturated heterocycles. The van der Waals surface area contributed by atoms with Gasteiger partial charge in [0.05, 0.1) is 27.1 Å². The van der Waals surface area contributed by atoms with Gasteiger partial charge in [-0.25, -0.2) is 0 Å². The number of rotatable bonds is 4. The van der Waals surface area contributed by atoms with Crippen molar-refractivity contribution in [2.45, 2.75) is 59.3 Å². The Morgan fingerprint density at radius 1 is 0.683 bits per heavy atom. The van der Waals surface area contributed by atoms with E-state index in [1.807, 2.05) is 66.7 Å². The molecule has 1 aliphatic heterocycles. The molecule has 0 radical (unpaired) electrons. The Kier molecular flexibility index (Phi) is 6.91. The number of carbonyl (C=O) groups is 2. The average Bonchev–Trinajstić information content (AvgIpc) is 2.89. The van der Waals surface area contributed by atoms with Crippen LogP contribution < -0.4 is 10.2 Å². The number of hydrogen-bond acceptors (Lipinski definition) is 4. The molecule has 0 amide bonds. The Morgan fingerprint density at radius 2 is 1.24 bits per heavy atom. The Hall–Kier alpha value is -3.34. The molecule has 0 bridgehead atoms. The van der Waals surface area contributed by atoms with Crippen LogP contribution in [0.3, 0.4) is 0 Å². The normalized spacial score (nSPS) is 21.5. The van der Waals surface area contributed by atoms with E-state index in [1.54, 1.807) is 0 Å². The lowest BCUT2D eigenvalue weighted by molar-refractivity contribution is -0.118. The predicted octanol–water partition coefficient (Wildman–Crippen LogP) is 9.63. The molecule has 1 N–H and O–H groups in total. The second-order valence-corrected chi connectivity index (χ2v) is 13.8. The predicted molar refractivity (Wildman–Crippen MR) is 168 cm³/mol. The van der Waals surface area contributed by atoms with E-state index in [1.165, 1.54) is 0 Å². The van der Waals surface area contributed by atoms with Crippen molar-refractivity contribution < 1.29 is 9.59 Å². The van der Waals surface area contributed by atoms with Crippen LogP contribution in [-0.4, -0.2) is 11.6 Å². The molecule has 4 nitrogen and oxygen atoms in total. The van der Waals surface area contributed by atoms with E-state index in [0.29, 0.717) is 46.9 Å². The minimum atomic E-state index is -0.489. The van der Waals surface area contributed by atoms with E-state index < -0.39 is 5.92 Å². The lowest BCUT2D eigenvalue weighted by Gasteiger charge is -2.46. The van der Waals surface area contributed by atoms with Crippen molar-refractivity contribution in [1.82, 2.24) is 0 Å². The summed E-state index contributed by atoms with van der Waals surface area (Å²) < 4.78 is 0. The molecule has 6 rings (SSSR count). The molecule has 1 unspecified atom stereocenters.